The molecule has 0 radical (unpaired) electrons. The standard InChI is InChI=1S/C18H15ClFN3O2/c19-12-6-5-7-13(20)16(12)18(10-3-4-11-18)17(24)25-23-15-9-2-1-8-14(15)21-22-23/h1-2,5-9H,3-4,10-11H2. The van der Waals surface area contributed by atoms with E-state index in [0.717, 1.165) is 17.7 Å². The second kappa shape index (κ2) is 6.11. The van der Waals surface area contributed by atoms with E-state index in [2.05, 4.69) is 10.3 Å². The molecular formula is C18H15ClFN3O2. The molecule has 1 aliphatic rings. The zero-order valence-electron chi connectivity index (χ0n) is 13.3. The molecule has 0 saturated heterocycles. The van der Waals surface area contributed by atoms with E-state index in [1.165, 1.54) is 12.1 Å². The SMILES string of the molecule is O=C(On1nnc2ccccc21)C1(c2c(F)cccc2Cl)CCCC1. The number of nitrogens with zero attached hydrogens (tertiary/aromatic N) is 3. The summed E-state index contributed by atoms with van der Waals surface area (Å²) in [4.78, 5) is 19.6. The highest BCUT2D eigenvalue weighted by Gasteiger charge is 2.48. The van der Waals surface area contributed by atoms with Crippen LogP contribution < -0.4 is 4.84 Å². The smallest absolute Gasteiger partial charge is 0.316 e. The van der Waals surface area contributed by atoms with Crippen molar-refractivity contribution in [3.8, 4) is 0 Å². The first-order chi connectivity index (χ1) is 12.1. The first-order valence-corrected chi connectivity index (χ1v) is 8.47. The number of carbonyl (C=O) groups excluding carboxylic acids is 1. The van der Waals surface area contributed by atoms with Crippen molar-refractivity contribution < 1.29 is 14.0 Å². The van der Waals surface area contributed by atoms with Crippen LogP contribution >= 0.6 is 11.6 Å². The molecule has 4 rings (SSSR count). The molecule has 1 saturated carbocycles. The maximum Gasteiger partial charge on any atom is 0.345 e. The Kier molecular flexibility index (Phi) is 3.92. The monoisotopic (exact) mass is 359 g/mol. The highest BCUT2D eigenvalue weighted by atomic mass is 35.5. The molecule has 0 N–H and O–H groups in total. The lowest BCUT2D eigenvalue weighted by Gasteiger charge is -2.27. The molecule has 25 heavy (non-hydrogen) atoms. The van der Waals surface area contributed by atoms with Crippen LogP contribution in [0.2, 0.25) is 5.02 Å². The Balaban J connectivity index is 1.75. The molecule has 0 bridgehead atoms. The van der Waals surface area contributed by atoms with E-state index in [1.54, 1.807) is 24.3 Å². The Bertz CT molecular complexity index is 930. The van der Waals surface area contributed by atoms with E-state index in [-0.39, 0.29) is 10.6 Å². The Hall–Kier alpha value is -2.47. The van der Waals surface area contributed by atoms with Gasteiger partial charge in [0, 0.05) is 10.6 Å². The molecule has 3 aromatic rings. The summed E-state index contributed by atoms with van der Waals surface area (Å²) in [6, 6.07) is 11.6. The quantitative estimate of drug-likeness (QED) is 0.669. The second-order valence-electron chi connectivity index (χ2n) is 6.22. The summed E-state index contributed by atoms with van der Waals surface area (Å²) in [6.07, 6.45) is 2.58. The molecule has 2 aromatic carbocycles. The fourth-order valence-electron chi connectivity index (χ4n) is 3.57. The summed E-state index contributed by atoms with van der Waals surface area (Å²) in [5, 5.41) is 8.08. The van der Waals surface area contributed by atoms with E-state index < -0.39 is 17.2 Å². The lowest BCUT2D eigenvalue weighted by molar-refractivity contribution is -0.152. The minimum atomic E-state index is -1.10. The van der Waals surface area contributed by atoms with Crippen molar-refractivity contribution in [3.63, 3.8) is 0 Å². The van der Waals surface area contributed by atoms with Crippen molar-refractivity contribution in [1.82, 2.24) is 15.2 Å². The maximum atomic E-state index is 14.5. The Morgan fingerprint density at radius 2 is 1.92 bits per heavy atom. The van der Waals surface area contributed by atoms with Gasteiger partial charge in [-0.3, -0.25) is 0 Å². The first kappa shape index (κ1) is 16.0. The van der Waals surface area contributed by atoms with Crippen LogP contribution in [0.25, 0.3) is 11.0 Å². The molecule has 0 spiro atoms. The summed E-state index contributed by atoms with van der Waals surface area (Å²) in [5.74, 6) is -1.05. The molecule has 1 fully saturated rings. The van der Waals surface area contributed by atoms with Crippen molar-refractivity contribution in [1.29, 1.82) is 0 Å². The van der Waals surface area contributed by atoms with E-state index in [0.29, 0.717) is 23.9 Å². The van der Waals surface area contributed by atoms with Gasteiger partial charge in [0.2, 0.25) is 0 Å². The predicted molar refractivity (Wildman–Crippen MR) is 90.7 cm³/mol. The van der Waals surface area contributed by atoms with Gasteiger partial charge in [-0.2, -0.15) is 0 Å². The first-order valence-electron chi connectivity index (χ1n) is 8.09. The third-order valence-electron chi connectivity index (χ3n) is 4.78. The fourth-order valence-corrected chi connectivity index (χ4v) is 3.91. The van der Waals surface area contributed by atoms with Crippen LogP contribution in [-0.4, -0.2) is 21.1 Å². The molecule has 128 valence electrons. The minimum absolute atomic E-state index is 0.212. The Morgan fingerprint density at radius 1 is 1.16 bits per heavy atom. The molecule has 0 aliphatic heterocycles. The zero-order chi connectivity index (χ0) is 17.4. The van der Waals surface area contributed by atoms with E-state index in [4.69, 9.17) is 16.4 Å². The molecule has 0 amide bonds. The molecule has 1 heterocycles. The van der Waals surface area contributed by atoms with Crippen molar-refractivity contribution in [2.75, 3.05) is 0 Å². The van der Waals surface area contributed by atoms with E-state index >= 15 is 0 Å². The number of benzene rings is 2. The largest absolute Gasteiger partial charge is 0.345 e. The topological polar surface area (TPSA) is 57.0 Å². The molecular weight excluding hydrogens is 345 g/mol. The minimum Gasteiger partial charge on any atom is -0.316 e. The van der Waals surface area contributed by atoms with Crippen LogP contribution in [0.15, 0.2) is 42.5 Å². The maximum absolute atomic E-state index is 14.5. The number of rotatable bonds is 3. The summed E-state index contributed by atoms with van der Waals surface area (Å²) in [5.41, 5.74) is 0.294. The van der Waals surface area contributed by atoms with Crippen LogP contribution in [0, 0.1) is 5.82 Å². The molecule has 0 atom stereocenters. The average molecular weight is 360 g/mol. The van der Waals surface area contributed by atoms with E-state index in [9.17, 15) is 9.18 Å². The lowest BCUT2D eigenvalue weighted by atomic mass is 9.78. The van der Waals surface area contributed by atoms with Gasteiger partial charge in [0.25, 0.3) is 0 Å². The van der Waals surface area contributed by atoms with Gasteiger partial charge in [0.05, 0.1) is 5.41 Å². The van der Waals surface area contributed by atoms with Crippen molar-refractivity contribution in [2.45, 2.75) is 31.1 Å². The van der Waals surface area contributed by atoms with Crippen LogP contribution in [0.4, 0.5) is 4.39 Å². The molecule has 0 unspecified atom stereocenters. The summed E-state index contributed by atoms with van der Waals surface area (Å²) in [7, 11) is 0. The highest BCUT2D eigenvalue weighted by Crippen LogP contribution is 2.45. The number of para-hydroxylation sites is 1. The van der Waals surface area contributed by atoms with Crippen LogP contribution in [0.3, 0.4) is 0 Å². The number of hydrogen-bond donors (Lipinski definition) is 0. The number of carbonyl (C=O) groups is 1. The number of fused-ring (bicyclic) bond motifs is 1. The van der Waals surface area contributed by atoms with Crippen LogP contribution in [-0.2, 0) is 10.2 Å². The van der Waals surface area contributed by atoms with Crippen molar-refractivity contribution in [2.24, 2.45) is 0 Å². The summed E-state index contributed by atoms with van der Waals surface area (Å²) < 4.78 is 14.5. The molecule has 5 nitrogen and oxygen atoms in total. The number of hydrogen-bond acceptors (Lipinski definition) is 4. The van der Waals surface area contributed by atoms with Crippen LogP contribution in [0.5, 0.6) is 0 Å². The lowest BCUT2D eigenvalue weighted by Crippen LogP contribution is -2.41. The fraction of sp³-hybridized carbons (Fsp3) is 0.278. The normalized spacial score (nSPS) is 16.2. The number of halogens is 2. The average Bonchev–Trinajstić information content (AvgIpc) is 3.23. The van der Waals surface area contributed by atoms with Gasteiger partial charge in [0.1, 0.15) is 16.9 Å². The van der Waals surface area contributed by atoms with Gasteiger partial charge < -0.3 is 4.84 Å². The Morgan fingerprint density at radius 3 is 2.68 bits per heavy atom. The highest BCUT2D eigenvalue weighted by molar-refractivity contribution is 6.31. The number of aromatic nitrogens is 3. The van der Waals surface area contributed by atoms with Gasteiger partial charge in [-0.1, -0.05) is 47.5 Å². The third kappa shape index (κ3) is 2.57. The zero-order valence-corrected chi connectivity index (χ0v) is 14.0. The molecule has 1 aliphatic carbocycles. The molecule has 1 aromatic heterocycles. The van der Waals surface area contributed by atoms with Gasteiger partial charge in [-0.15, -0.1) is 5.10 Å². The van der Waals surface area contributed by atoms with Crippen LogP contribution in [0.1, 0.15) is 31.2 Å². The van der Waals surface area contributed by atoms with Gasteiger partial charge in [0.15, 0.2) is 0 Å². The molecule has 7 heteroatoms. The third-order valence-corrected chi connectivity index (χ3v) is 5.10. The second-order valence-corrected chi connectivity index (χ2v) is 6.62. The van der Waals surface area contributed by atoms with Gasteiger partial charge in [-0.05, 0) is 42.3 Å². The van der Waals surface area contributed by atoms with Gasteiger partial charge in [-0.25, -0.2) is 9.18 Å². The van der Waals surface area contributed by atoms with Gasteiger partial charge >= 0.3 is 5.97 Å². The Labute approximate surface area is 148 Å². The predicted octanol–water partition coefficient (Wildman–Crippen LogP) is 3.69. The summed E-state index contributed by atoms with van der Waals surface area (Å²) >= 11 is 6.24. The summed E-state index contributed by atoms with van der Waals surface area (Å²) in [6.45, 7) is 0. The van der Waals surface area contributed by atoms with E-state index in [1.807, 2.05) is 6.07 Å². The van der Waals surface area contributed by atoms with Crippen molar-refractivity contribution >= 4 is 28.6 Å². The van der Waals surface area contributed by atoms with Crippen molar-refractivity contribution in [3.05, 3.63) is 58.9 Å².